The number of hydrogen-bond donors (Lipinski definition) is 0. The molecule has 5 heteroatoms. The molecule has 0 spiro atoms. The molecular formula is C27H26N4O. The van der Waals surface area contributed by atoms with E-state index >= 15 is 0 Å². The standard InChI is InChI=1S/C27H26N4O/c32-27-30(21-10-9-20-29-18-7-2-8-19-29)28-26(23-13-3-1-4-14-23)31(27)25-17-11-15-22-12-5-6-16-24(22)25/h1,3-6,11-17H,2,7-8,18-21H2. The number of likely N-dealkylation sites (tertiary alicyclic amines) is 1. The molecule has 32 heavy (non-hydrogen) atoms. The van der Waals surface area contributed by atoms with Crippen LogP contribution >= 0.6 is 0 Å². The summed E-state index contributed by atoms with van der Waals surface area (Å²) in [5.74, 6) is 7.03. The summed E-state index contributed by atoms with van der Waals surface area (Å²) >= 11 is 0. The van der Waals surface area contributed by atoms with Gasteiger partial charge in [0.25, 0.3) is 0 Å². The van der Waals surface area contributed by atoms with Gasteiger partial charge in [0.1, 0.15) is 6.54 Å². The molecule has 160 valence electrons. The first kappa shape index (κ1) is 20.3. The van der Waals surface area contributed by atoms with Crippen molar-refractivity contribution in [3.05, 3.63) is 83.3 Å². The van der Waals surface area contributed by atoms with E-state index in [9.17, 15) is 4.79 Å². The molecule has 1 aliphatic heterocycles. The molecule has 0 aliphatic carbocycles. The third-order valence-electron chi connectivity index (χ3n) is 5.98. The molecule has 0 saturated carbocycles. The summed E-state index contributed by atoms with van der Waals surface area (Å²) in [5.41, 5.74) is 1.56. The zero-order valence-corrected chi connectivity index (χ0v) is 18.1. The minimum atomic E-state index is -0.174. The summed E-state index contributed by atoms with van der Waals surface area (Å²) in [6.45, 7) is 3.26. The van der Waals surface area contributed by atoms with E-state index in [1.165, 1.54) is 23.9 Å². The average Bonchev–Trinajstić information content (AvgIpc) is 3.18. The summed E-state index contributed by atoms with van der Waals surface area (Å²) < 4.78 is 3.19. The molecule has 3 aromatic carbocycles. The average molecular weight is 423 g/mol. The van der Waals surface area contributed by atoms with Gasteiger partial charge in [-0.3, -0.25) is 4.90 Å². The van der Waals surface area contributed by atoms with Crippen molar-refractivity contribution >= 4 is 10.8 Å². The van der Waals surface area contributed by atoms with Crippen molar-refractivity contribution in [2.75, 3.05) is 19.6 Å². The summed E-state index contributed by atoms with van der Waals surface area (Å²) in [5, 5.41) is 6.81. The fourth-order valence-electron chi connectivity index (χ4n) is 4.32. The number of aromatic nitrogens is 3. The van der Waals surface area contributed by atoms with Gasteiger partial charge in [-0.2, -0.15) is 0 Å². The highest BCUT2D eigenvalue weighted by molar-refractivity contribution is 5.90. The molecule has 0 bridgehead atoms. The highest BCUT2D eigenvalue weighted by Crippen LogP contribution is 2.25. The predicted octanol–water partition coefficient (Wildman–Crippen LogP) is 4.34. The largest absolute Gasteiger partial charge is 0.351 e. The molecule has 5 rings (SSSR count). The van der Waals surface area contributed by atoms with Gasteiger partial charge in [0.15, 0.2) is 5.82 Å². The number of nitrogens with zero attached hydrogens (tertiary/aromatic N) is 4. The fraction of sp³-hybridized carbons (Fsp3) is 0.259. The first-order valence-corrected chi connectivity index (χ1v) is 11.2. The van der Waals surface area contributed by atoms with Crippen LogP contribution in [0.15, 0.2) is 77.6 Å². The Labute approximate surface area is 187 Å². The van der Waals surface area contributed by atoms with Crippen molar-refractivity contribution in [2.45, 2.75) is 25.8 Å². The topological polar surface area (TPSA) is 43.1 Å². The van der Waals surface area contributed by atoms with Gasteiger partial charge in [0.2, 0.25) is 0 Å². The lowest BCUT2D eigenvalue weighted by atomic mass is 10.1. The molecule has 0 radical (unpaired) electrons. The Bertz CT molecular complexity index is 1330. The Morgan fingerprint density at radius 3 is 2.34 bits per heavy atom. The van der Waals surface area contributed by atoms with E-state index < -0.39 is 0 Å². The smallest absolute Gasteiger partial charge is 0.292 e. The highest BCUT2D eigenvalue weighted by Gasteiger charge is 2.18. The zero-order chi connectivity index (χ0) is 21.8. The van der Waals surface area contributed by atoms with E-state index in [2.05, 4.69) is 28.9 Å². The summed E-state index contributed by atoms with van der Waals surface area (Å²) in [4.78, 5) is 15.9. The summed E-state index contributed by atoms with van der Waals surface area (Å²) in [6, 6.07) is 24.0. The Morgan fingerprint density at radius 1 is 0.781 bits per heavy atom. The van der Waals surface area contributed by atoms with Crippen LogP contribution in [-0.4, -0.2) is 38.9 Å². The Hall–Kier alpha value is -3.62. The van der Waals surface area contributed by atoms with Gasteiger partial charge in [-0.15, -0.1) is 5.10 Å². The van der Waals surface area contributed by atoms with Crippen LogP contribution in [0.4, 0.5) is 0 Å². The molecule has 0 atom stereocenters. The lowest BCUT2D eigenvalue weighted by molar-refractivity contribution is 0.255. The van der Waals surface area contributed by atoms with E-state index in [-0.39, 0.29) is 12.2 Å². The minimum Gasteiger partial charge on any atom is -0.292 e. The van der Waals surface area contributed by atoms with Crippen LogP contribution in [0.2, 0.25) is 0 Å². The first-order chi connectivity index (χ1) is 15.8. The molecule has 1 aliphatic rings. The molecule has 0 amide bonds. The molecule has 1 aromatic heterocycles. The Balaban J connectivity index is 1.54. The molecule has 2 heterocycles. The van der Waals surface area contributed by atoms with Crippen molar-refractivity contribution < 1.29 is 0 Å². The quantitative estimate of drug-likeness (QED) is 0.460. The van der Waals surface area contributed by atoms with Gasteiger partial charge >= 0.3 is 5.69 Å². The van der Waals surface area contributed by atoms with Gasteiger partial charge in [-0.25, -0.2) is 14.0 Å². The Kier molecular flexibility index (Phi) is 5.87. The van der Waals surface area contributed by atoms with E-state index in [0.29, 0.717) is 5.82 Å². The number of hydrogen-bond acceptors (Lipinski definition) is 3. The van der Waals surface area contributed by atoms with Crippen LogP contribution in [0.3, 0.4) is 0 Å². The van der Waals surface area contributed by atoms with E-state index in [1.54, 1.807) is 4.57 Å². The van der Waals surface area contributed by atoms with Crippen molar-refractivity contribution in [1.82, 2.24) is 19.2 Å². The highest BCUT2D eigenvalue weighted by atomic mass is 16.2. The maximum absolute atomic E-state index is 13.5. The summed E-state index contributed by atoms with van der Waals surface area (Å²) in [7, 11) is 0. The maximum atomic E-state index is 13.5. The van der Waals surface area contributed by atoms with Gasteiger partial charge in [-0.05, 0) is 37.4 Å². The molecule has 5 nitrogen and oxygen atoms in total. The summed E-state index contributed by atoms with van der Waals surface area (Å²) in [6.07, 6.45) is 3.81. The van der Waals surface area contributed by atoms with Crippen LogP contribution in [0, 0.1) is 11.8 Å². The van der Waals surface area contributed by atoms with E-state index in [1.807, 2.05) is 60.7 Å². The third kappa shape index (κ3) is 4.10. The lowest BCUT2D eigenvalue weighted by Crippen LogP contribution is -2.30. The molecule has 0 N–H and O–H groups in total. The van der Waals surface area contributed by atoms with Crippen LogP contribution in [0.1, 0.15) is 19.3 Å². The number of benzene rings is 3. The zero-order valence-electron chi connectivity index (χ0n) is 18.1. The van der Waals surface area contributed by atoms with Crippen LogP contribution in [0.5, 0.6) is 0 Å². The van der Waals surface area contributed by atoms with E-state index in [4.69, 9.17) is 5.10 Å². The SMILES string of the molecule is O=c1n(CC#CCN2CCCCC2)nc(-c2ccccc2)n1-c1cccc2ccccc12. The lowest BCUT2D eigenvalue weighted by Gasteiger charge is -2.23. The van der Waals surface area contributed by atoms with Crippen molar-refractivity contribution in [3.8, 4) is 28.9 Å². The number of rotatable bonds is 4. The van der Waals surface area contributed by atoms with E-state index in [0.717, 1.165) is 41.7 Å². The third-order valence-corrected chi connectivity index (χ3v) is 5.98. The second-order valence-corrected chi connectivity index (χ2v) is 8.15. The van der Waals surface area contributed by atoms with Gasteiger partial charge < -0.3 is 0 Å². The van der Waals surface area contributed by atoms with Crippen molar-refractivity contribution in [3.63, 3.8) is 0 Å². The fourth-order valence-corrected chi connectivity index (χ4v) is 4.32. The Morgan fingerprint density at radius 2 is 1.50 bits per heavy atom. The normalized spacial score (nSPS) is 14.2. The molecular weight excluding hydrogens is 396 g/mol. The monoisotopic (exact) mass is 422 g/mol. The van der Waals surface area contributed by atoms with Gasteiger partial charge in [0.05, 0.1) is 12.2 Å². The van der Waals surface area contributed by atoms with Gasteiger partial charge in [0, 0.05) is 10.9 Å². The minimum absolute atomic E-state index is 0.174. The number of fused-ring (bicyclic) bond motifs is 1. The molecule has 1 saturated heterocycles. The first-order valence-electron chi connectivity index (χ1n) is 11.2. The van der Waals surface area contributed by atoms with Crippen LogP contribution in [-0.2, 0) is 6.54 Å². The molecule has 0 unspecified atom stereocenters. The number of piperidine rings is 1. The molecule has 1 fully saturated rings. The van der Waals surface area contributed by atoms with Crippen LogP contribution < -0.4 is 5.69 Å². The van der Waals surface area contributed by atoms with Gasteiger partial charge in [-0.1, -0.05) is 85.0 Å². The maximum Gasteiger partial charge on any atom is 0.351 e. The molecule has 4 aromatic rings. The second kappa shape index (κ2) is 9.25. The van der Waals surface area contributed by atoms with Crippen molar-refractivity contribution in [1.29, 1.82) is 0 Å². The second-order valence-electron chi connectivity index (χ2n) is 8.15. The van der Waals surface area contributed by atoms with Crippen molar-refractivity contribution in [2.24, 2.45) is 0 Å². The predicted molar refractivity (Wildman–Crippen MR) is 129 cm³/mol. The van der Waals surface area contributed by atoms with Crippen LogP contribution in [0.25, 0.3) is 27.8 Å².